The van der Waals surface area contributed by atoms with Crippen molar-refractivity contribution >= 4 is 43.0 Å². The van der Waals surface area contributed by atoms with Gasteiger partial charge in [-0.1, -0.05) is 0 Å². The molecule has 0 saturated carbocycles. The molecule has 0 saturated heterocycles. The van der Waals surface area contributed by atoms with E-state index >= 15 is 0 Å². The van der Waals surface area contributed by atoms with E-state index in [4.69, 9.17) is 0 Å². The van der Waals surface area contributed by atoms with Gasteiger partial charge in [0, 0.05) is 28.0 Å². The highest BCUT2D eigenvalue weighted by Gasteiger charge is 2.07. The minimum atomic E-state index is 1.02. The van der Waals surface area contributed by atoms with Gasteiger partial charge in [-0.15, -0.1) is 22.7 Å². The fraction of sp³-hybridized carbons (Fsp3) is 0. The molecule has 4 aromatic heterocycles. The summed E-state index contributed by atoms with van der Waals surface area (Å²) in [7, 11) is 0. The highest BCUT2D eigenvalue weighted by molar-refractivity contribution is 7.17. The Bertz CT molecular complexity index is 845. The predicted octanol–water partition coefficient (Wildman–Crippen LogP) is 4.57. The molecule has 0 spiro atoms. The van der Waals surface area contributed by atoms with E-state index in [1.807, 2.05) is 18.5 Å². The minimum absolute atomic E-state index is 1.02. The molecule has 0 aromatic carbocycles. The first kappa shape index (κ1) is 10.2. The number of aromatic nitrogens is 2. The van der Waals surface area contributed by atoms with Gasteiger partial charge in [0.15, 0.2) is 0 Å². The number of nitrogens with zero attached hydrogens (tertiary/aromatic N) is 2. The van der Waals surface area contributed by atoms with Crippen LogP contribution in [0.5, 0.6) is 0 Å². The smallest absolute Gasteiger partial charge is 0.0810 e. The van der Waals surface area contributed by atoms with Crippen LogP contribution in [0.25, 0.3) is 31.6 Å². The second-order valence-electron chi connectivity index (χ2n) is 4.02. The molecule has 0 N–H and O–H groups in total. The van der Waals surface area contributed by atoms with Crippen LogP contribution in [0.4, 0.5) is 0 Å². The monoisotopic (exact) mass is 268 g/mol. The van der Waals surface area contributed by atoms with Crippen molar-refractivity contribution in [3.8, 4) is 11.3 Å². The summed E-state index contributed by atoms with van der Waals surface area (Å²) in [5.74, 6) is 0. The highest BCUT2D eigenvalue weighted by atomic mass is 32.1. The average Bonchev–Trinajstić information content (AvgIpc) is 3.05. The van der Waals surface area contributed by atoms with Crippen molar-refractivity contribution in [2.75, 3.05) is 0 Å². The number of hydrogen-bond acceptors (Lipinski definition) is 4. The summed E-state index contributed by atoms with van der Waals surface area (Å²) in [6.07, 6.45) is 3.78. The van der Waals surface area contributed by atoms with E-state index in [0.29, 0.717) is 0 Å². The molecule has 0 unspecified atom stereocenters. The van der Waals surface area contributed by atoms with Gasteiger partial charge in [-0.25, -0.2) is 0 Å². The van der Waals surface area contributed by atoms with Crippen molar-refractivity contribution in [2.24, 2.45) is 0 Å². The van der Waals surface area contributed by atoms with E-state index in [0.717, 1.165) is 16.8 Å². The maximum absolute atomic E-state index is 4.51. The molecule has 0 aliphatic rings. The Hall–Kier alpha value is -1.78. The number of hydrogen-bond donors (Lipinski definition) is 0. The third-order valence-corrected chi connectivity index (χ3v) is 4.69. The maximum atomic E-state index is 4.51. The molecule has 4 aromatic rings. The Kier molecular flexibility index (Phi) is 2.18. The molecule has 0 atom stereocenters. The van der Waals surface area contributed by atoms with Gasteiger partial charge in [0.1, 0.15) is 0 Å². The number of rotatable bonds is 1. The molecule has 86 valence electrons. The highest BCUT2D eigenvalue weighted by Crippen LogP contribution is 2.31. The lowest BCUT2D eigenvalue weighted by Crippen LogP contribution is -1.84. The lowest BCUT2D eigenvalue weighted by Gasteiger charge is -2.02. The fourth-order valence-electron chi connectivity index (χ4n) is 2.10. The number of fused-ring (bicyclic) bond motifs is 2. The van der Waals surface area contributed by atoms with Crippen LogP contribution in [-0.2, 0) is 0 Å². The average molecular weight is 268 g/mol. The Labute approximate surface area is 112 Å². The molecule has 0 fully saturated rings. The quantitative estimate of drug-likeness (QED) is 0.505. The van der Waals surface area contributed by atoms with Gasteiger partial charge >= 0.3 is 0 Å². The standard InChI is InChI=1S/C14H8N2S2/c1-4-15-14(10-2-5-17-12(1)10)9-7-13-11(16-8-9)3-6-18-13/h1-8H. The lowest BCUT2D eigenvalue weighted by atomic mass is 10.1. The van der Waals surface area contributed by atoms with Gasteiger partial charge in [0.05, 0.1) is 15.9 Å². The summed E-state index contributed by atoms with van der Waals surface area (Å²) in [5, 5.41) is 5.38. The maximum Gasteiger partial charge on any atom is 0.0810 e. The lowest BCUT2D eigenvalue weighted by molar-refractivity contribution is 1.34. The van der Waals surface area contributed by atoms with Gasteiger partial charge in [0.2, 0.25) is 0 Å². The van der Waals surface area contributed by atoms with Gasteiger partial charge in [-0.05, 0) is 35.0 Å². The van der Waals surface area contributed by atoms with Crippen molar-refractivity contribution in [1.82, 2.24) is 9.97 Å². The molecule has 0 radical (unpaired) electrons. The van der Waals surface area contributed by atoms with Crippen molar-refractivity contribution in [2.45, 2.75) is 0 Å². The van der Waals surface area contributed by atoms with E-state index in [1.54, 1.807) is 22.7 Å². The molecule has 4 rings (SSSR count). The van der Waals surface area contributed by atoms with Crippen LogP contribution in [0.1, 0.15) is 0 Å². The second kappa shape index (κ2) is 3.86. The van der Waals surface area contributed by atoms with Crippen molar-refractivity contribution in [1.29, 1.82) is 0 Å². The van der Waals surface area contributed by atoms with Crippen LogP contribution in [0, 0.1) is 0 Å². The molecule has 2 nitrogen and oxygen atoms in total. The zero-order chi connectivity index (χ0) is 11.9. The number of pyridine rings is 2. The summed E-state index contributed by atoms with van der Waals surface area (Å²) in [6.45, 7) is 0. The summed E-state index contributed by atoms with van der Waals surface area (Å²) < 4.78 is 2.48. The molecular weight excluding hydrogens is 260 g/mol. The molecule has 4 heteroatoms. The van der Waals surface area contributed by atoms with Crippen molar-refractivity contribution < 1.29 is 0 Å². The molecule has 0 aliphatic carbocycles. The molecule has 4 heterocycles. The van der Waals surface area contributed by atoms with Gasteiger partial charge in [-0.2, -0.15) is 0 Å². The van der Waals surface area contributed by atoms with Crippen LogP contribution in [0.15, 0.2) is 47.4 Å². The summed E-state index contributed by atoms with van der Waals surface area (Å²) in [5.41, 5.74) is 3.17. The van der Waals surface area contributed by atoms with Crippen molar-refractivity contribution in [3.05, 3.63) is 47.4 Å². The molecule has 0 amide bonds. The first-order valence-corrected chi connectivity index (χ1v) is 7.33. The second-order valence-corrected chi connectivity index (χ2v) is 5.92. The SMILES string of the molecule is c1cc2sccc2c(-c2cnc3ccsc3c2)n1. The third-order valence-electron chi connectivity index (χ3n) is 2.96. The summed E-state index contributed by atoms with van der Waals surface area (Å²) in [6, 6.07) is 8.40. The van der Waals surface area contributed by atoms with E-state index in [-0.39, 0.29) is 0 Å². The van der Waals surface area contributed by atoms with Gasteiger partial charge in [-0.3, -0.25) is 9.97 Å². The summed E-state index contributed by atoms with van der Waals surface area (Å²) in [4.78, 5) is 8.99. The third kappa shape index (κ3) is 1.46. The van der Waals surface area contributed by atoms with E-state index in [9.17, 15) is 0 Å². The van der Waals surface area contributed by atoms with Crippen molar-refractivity contribution in [3.63, 3.8) is 0 Å². The number of thiophene rings is 2. The minimum Gasteiger partial charge on any atom is -0.255 e. The Morgan fingerprint density at radius 1 is 0.889 bits per heavy atom. The van der Waals surface area contributed by atoms with E-state index < -0.39 is 0 Å². The topological polar surface area (TPSA) is 25.8 Å². The van der Waals surface area contributed by atoms with Gasteiger partial charge < -0.3 is 0 Å². The van der Waals surface area contributed by atoms with Crippen LogP contribution in [0.3, 0.4) is 0 Å². The van der Waals surface area contributed by atoms with Crippen LogP contribution in [0.2, 0.25) is 0 Å². The molecule has 18 heavy (non-hydrogen) atoms. The van der Waals surface area contributed by atoms with Crippen LogP contribution >= 0.6 is 22.7 Å². The van der Waals surface area contributed by atoms with E-state index in [1.165, 1.54) is 14.8 Å². The Morgan fingerprint density at radius 2 is 1.78 bits per heavy atom. The summed E-state index contributed by atoms with van der Waals surface area (Å²) >= 11 is 3.46. The van der Waals surface area contributed by atoms with Crippen LogP contribution < -0.4 is 0 Å². The molecular formula is C14H8N2S2. The normalized spacial score (nSPS) is 11.3. The van der Waals surface area contributed by atoms with Crippen LogP contribution in [-0.4, -0.2) is 9.97 Å². The fourth-order valence-corrected chi connectivity index (χ4v) is 3.66. The van der Waals surface area contributed by atoms with E-state index in [2.05, 4.69) is 38.9 Å². The molecule has 0 aliphatic heterocycles. The Morgan fingerprint density at radius 3 is 2.78 bits per heavy atom. The molecule has 0 bridgehead atoms. The largest absolute Gasteiger partial charge is 0.255 e. The first-order chi connectivity index (χ1) is 8.92. The zero-order valence-electron chi connectivity index (χ0n) is 9.33. The predicted molar refractivity (Wildman–Crippen MR) is 78.2 cm³/mol. The first-order valence-electron chi connectivity index (χ1n) is 5.58. The Balaban J connectivity index is 2.03. The zero-order valence-corrected chi connectivity index (χ0v) is 11.0. The van der Waals surface area contributed by atoms with Gasteiger partial charge in [0.25, 0.3) is 0 Å².